The molecule has 0 atom stereocenters. The summed E-state index contributed by atoms with van der Waals surface area (Å²) in [6.45, 7) is 7.40. The SMILES string of the molecule is CC.CCn1c2ccccc2c2ccc(C(=O)NCc3ccc4ccc(N)nc4c3)cc21. The summed E-state index contributed by atoms with van der Waals surface area (Å²) in [5, 5.41) is 6.43. The van der Waals surface area contributed by atoms with Crippen LogP contribution in [0.4, 0.5) is 5.82 Å². The number of carbonyl (C=O) groups excluding carboxylic acids is 1. The van der Waals surface area contributed by atoms with Crippen LogP contribution in [0, 0.1) is 0 Å². The van der Waals surface area contributed by atoms with Crippen molar-refractivity contribution in [2.24, 2.45) is 0 Å². The van der Waals surface area contributed by atoms with Gasteiger partial charge in [0, 0.05) is 45.8 Å². The van der Waals surface area contributed by atoms with E-state index in [1.165, 1.54) is 16.3 Å². The summed E-state index contributed by atoms with van der Waals surface area (Å²) in [4.78, 5) is 17.2. The third kappa shape index (κ3) is 3.89. The van der Waals surface area contributed by atoms with Crippen LogP contribution in [0.1, 0.15) is 36.7 Å². The zero-order valence-electron chi connectivity index (χ0n) is 18.7. The molecule has 3 aromatic carbocycles. The number of hydrogen-bond donors (Lipinski definition) is 2. The fourth-order valence-corrected chi connectivity index (χ4v) is 4.10. The van der Waals surface area contributed by atoms with Gasteiger partial charge in [0.1, 0.15) is 5.82 Å². The molecule has 0 aliphatic rings. The van der Waals surface area contributed by atoms with Crippen LogP contribution < -0.4 is 11.1 Å². The van der Waals surface area contributed by atoms with Gasteiger partial charge in [0.05, 0.1) is 5.52 Å². The van der Waals surface area contributed by atoms with Crippen LogP contribution in [-0.4, -0.2) is 15.5 Å². The van der Waals surface area contributed by atoms with Crippen molar-refractivity contribution in [3.63, 3.8) is 0 Å². The second-order valence-corrected chi connectivity index (χ2v) is 7.44. The first kappa shape index (κ1) is 21.4. The van der Waals surface area contributed by atoms with Crippen LogP contribution in [0.5, 0.6) is 0 Å². The highest BCUT2D eigenvalue weighted by atomic mass is 16.1. The molecule has 0 unspecified atom stereocenters. The van der Waals surface area contributed by atoms with Crippen LogP contribution >= 0.6 is 0 Å². The highest BCUT2D eigenvalue weighted by molar-refractivity contribution is 6.10. The van der Waals surface area contributed by atoms with Crippen molar-refractivity contribution in [1.82, 2.24) is 14.9 Å². The number of nitrogens with two attached hydrogens (primary N) is 1. The Balaban J connectivity index is 0.00000119. The normalized spacial score (nSPS) is 10.8. The Labute approximate surface area is 187 Å². The van der Waals surface area contributed by atoms with E-state index in [1.807, 2.05) is 62.4 Å². The molecule has 0 bridgehead atoms. The van der Waals surface area contributed by atoms with E-state index in [4.69, 9.17) is 5.73 Å². The molecule has 0 fully saturated rings. The number of pyridine rings is 1. The lowest BCUT2D eigenvalue weighted by Gasteiger charge is -2.08. The van der Waals surface area contributed by atoms with E-state index in [2.05, 4.69) is 40.0 Å². The number of amides is 1. The zero-order chi connectivity index (χ0) is 22.7. The Bertz CT molecular complexity index is 1420. The van der Waals surface area contributed by atoms with E-state index in [0.717, 1.165) is 28.5 Å². The van der Waals surface area contributed by atoms with Gasteiger partial charge in [-0.2, -0.15) is 0 Å². The first-order valence-electron chi connectivity index (χ1n) is 11.1. The van der Waals surface area contributed by atoms with E-state index in [-0.39, 0.29) is 5.91 Å². The predicted octanol–water partition coefficient (Wildman–Crippen LogP) is 5.90. The number of aryl methyl sites for hydroxylation is 1. The molecule has 5 aromatic rings. The second kappa shape index (κ2) is 9.10. The molecule has 32 heavy (non-hydrogen) atoms. The van der Waals surface area contributed by atoms with Crippen molar-refractivity contribution in [2.45, 2.75) is 33.9 Å². The molecular weight excluding hydrogens is 396 g/mol. The molecule has 0 radical (unpaired) electrons. The summed E-state index contributed by atoms with van der Waals surface area (Å²) in [6, 6.07) is 24.0. The summed E-state index contributed by atoms with van der Waals surface area (Å²) in [7, 11) is 0. The van der Waals surface area contributed by atoms with Gasteiger partial charge in [0.15, 0.2) is 0 Å². The van der Waals surface area contributed by atoms with Gasteiger partial charge in [-0.1, -0.05) is 50.2 Å². The summed E-state index contributed by atoms with van der Waals surface area (Å²) in [5.41, 5.74) is 10.5. The van der Waals surface area contributed by atoms with Crippen molar-refractivity contribution in [1.29, 1.82) is 0 Å². The van der Waals surface area contributed by atoms with E-state index >= 15 is 0 Å². The smallest absolute Gasteiger partial charge is 0.251 e. The molecule has 2 heterocycles. The van der Waals surface area contributed by atoms with Gasteiger partial charge >= 0.3 is 0 Å². The molecule has 5 heteroatoms. The number of anilines is 1. The van der Waals surface area contributed by atoms with Crippen LogP contribution in [0.15, 0.2) is 72.8 Å². The number of hydrogen-bond acceptors (Lipinski definition) is 3. The molecule has 2 aromatic heterocycles. The van der Waals surface area contributed by atoms with Gasteiger partial charge in [0.2, 0.25) is 0 Å². The number of fused-ring (bicyclic) bond motifs is 4. The van der Waals surface area contributed by atoms with Crippen molar-refractivity contribution in [2.75, 3.05) is 5.73 Å². The third-order valence-electron chi connectivity index (χ3n) is 5.58. The average molecular weight is 425 g/mol. The number of aromatic nitrogens is 2. The Kier molecular flexibility index (Phi) is 6.08. The van der Waals surface area contributed by atoms with Crippen molar-refractivity contribution < 1.29 is 4.79 Å². The van der Waals surface area contributed by atoms with Gasteiger partial charge in [-0.25, -0.2) is 4.98 Å². The van der Waals surface area contributed by atoms with E-state index < -0.39 is 0 Å². The molecule has 0 aliphatic carbocycles. The number of nitrogens with one attached hydrogen (secondary N) is 1. The maximum absolute atomic E-state index is 12.8. The molecule has 0 aliphatic heterocycles. The van der Waals surface area contributed by atoms with Gasteiger partial charge in [0.25, 0.3) is 5.91 Å². The van der Waals surface area contributed by atoms with Crippen molar-refractivity contribution in [3.05, 3.63) is 83.9 Å². The molecule has 0 saturated carbocycles. The Morgan fingerprint density at radius 1 is 0.938 bits per heavy atom. The van der Waals surface area contributed by atoms with E-state index in [0.29, 0.717) is 17.9 Å². The summed E-state index contributed by atoms with van der Waals surface area (Å²) in [5.74, 6) is 0.397. The molecule has 5 nitrogen and oxygen atoms in total. The minimum absolute atomic E-state index is 0.0922. The largest absolute Gasteiger partial charge is 0.384 e. The predicted molar refractivity (Wildman–Crippen MR) is 134 cm³/mol. The molecule has 1 amide bonds. The standard InChI is InChI=1S/C25H22N4O.C2H6/c1-2-29-22-6-4-3-5-19(22)20-11-9-18(14-23(20)29)25(30)27-15-16-7-8-17-10-12-24(26)28-21(17)13-16;1-2/h3-14H,2,15H2,1H3,(H2,26,28)(H,27,30);1-2H3. The van der Waals surface area contributed by atoms with Gasteiger partial charge < -0.3 is 15.6 Å². The van der Waals surface area contributed by atoms with Crippen molar-refractivity contribution >= 4 is 44.4 Å². The van der Waals surface area contributed by atoms with Crippen LogP contribution in [0.2, 0.25) is 0 Å². The van der Waals surface area contributed by atoms with E-state index in [1.54, 1.807) is 6.07 Å². The highest BCUT2D eigenvalue weighted by Gasteiger charge is 2.13. The minimum Gasteiger partial charge on any atom is -0.384 e. The maximum Gasteiger partial charge on any atom is 0.251 e. The average Bonchev–Trinajstić information content (AvgIpc) is 3.16. The van der Waals surface area contributed by atoms with Crippen LogP contribution in [0.25, 0.3) is 32.7 Å². The number of nitrogens with zero attached hydrogens (tertiary/aromatic N) is 2. The Hall–Kier alpha value is -3.86. The first-order chi connectivity index (χ1) is 15.6. The highest BCUT2D eigenvalue weighted by Crippen LogP contribution is 2.29. The second-order valence-electron chi connectivity index (χ2n) is 7.44. The molecule has 162 valence electrons. The quantitative estimate of drug-likeness (QED) is 0.377. The lowest BCUT2D eigenvalue weighted by Crippen LogP contribution is -2.22. The maximum atomic E-state index is 12.8. The first-order valence-corrected chi connectivity index (χ1v) is 11.1. The van der Waals surface area contributed by atoms with Gasteiger partial charge in [-0.3, -0.25) is 4.79 Å². The zero-order valence-corrected chi connectivity index (χ0v) is 18.7. The fraction of sp³-hybridized carbons (Fsp3) is 0.185. The number of nitrogen functional groups attached to an aromatic ring is 1. The minimum atomic E-state index is -0.0922. The van der Waals surface area contributed by atoms with Crippen LogP contribution in [0.3, 0.4) is 0 Å². The molecule has 0 saturated heterocycles. The summed E-state index contributed by atoms with van der Waals surface area (Å²) in [6.07, 6.45) is 0. The lowest BCUT2D eigenvalue weighted by molar-refractivity contribution is 0.0951. The molecule has 0 spiro atoms. The lowest BCUT2D eigenvalue weighted by atomic mass is 10.1. The number of carbonyl (C=O) groups is 1. The van der Waals surface area contributed by atoms with Crippen LogP contribution in [-0.2, 0) is 13.1 Å². The Morgan fingerprint density at radius 3 is 2.50 bits per heavy atom. The van der Waals surface area contributed by atoms with Gasteiger partial charge in [-0.05, 0) is 48.9 Å². The molecule has 3 N–H and O–H groups in total. The summed E-state index contributed by atoms with van der Waals surface area (Å²) >= 11 is 0. The number of rotatable bonds is 4. The monoisotopic (exact) mass is 424 g/mol. The number of para-hydroxylation sites is 1. The van der Waals surface area contributed by atoms with Gasteiger partial charge in [-0.15, -0.1) is 0 Å². The van der Waals surface area contributed by atoms with E-state index in [9.17, 15) is 4.79 Å². The van der Waals surface area contributed by atoms with Crippen molar-refractivity contribution in [3.8, 4) is 0 Å². The third-order valence-corrected chi connectivity index (χ3v) is 5.58. The molecular formula is C27H28N4O. The molecule has 5 rings (SSSR count). The fourth-order valence-electron chi connectivity index (χ4n) is 4.10. The number of benzene rings is 3. The topological polar surface area (TPSA) is 72.9 Å². The summed E-state index contributed by atoms with van der Waals surface area (Å²) < 4.78 is 2.25. The Morgan fingerprint density at radius 2 is 1.69 bits per heavy atom.